The van der Waals surface area contributed by atoms with Crippen molar-refractivity contribution in [3.8, 4) is 0 Å². The molecule has 0 aromatic carbocycles. The molecule has 1 saturated carbocycles. The van der Waals surface area contributed by atoms with Crippen molar-refractivity contribution in [2.24, 2.45) is 5.73 Å². The summed E-state index contributed by atoms with van der Waals surface area (Å²) in [6, 6.07) is 4.05. The predicted octanol–water partition coefficient (Wildman–Crippen LogP) is 1.13. The smallest absolute Gasteiger partial charge is 0.152 e. The molecule has 2 rings (SSSR count). The van der Waals surface area contributed by atoms with Crippen molar-refractivity contribution in [2.45, 2.75) is 36.6 Å². The van der Waals surface area contributed by atoms with E-state index in [1.165, 1.54) is 11.1 Å². The third-order valence-electron chi connectivity index (χ3n) is 3.78. The maximum Gasteiger partial charge on any atom is 0.152 e. The topological polar surface area (TPSA) is 72.2 Å². The Labute approximate surface area is 113 Å². The molecule has 0 spiro atoms. The predicted molar refractivity (Wildman–Crippen MR) is 75.4 cm³/mol. The molecule has 18 heavy (non-hydrogen) atoms. The summed E-state index contributed by atoms with van der Waals surface area (Å²) in [5, 5.41) is 5.08. The molecule has 1 aromatic rings. The summed E-state index contributed by atoms with van der Waals surface area (Å²) in [5.41, 5.74) is 5.42. The van der Waals surface area contributed by atoms with Gasteiger partial charge in [0.2, 0.25) is 0 Å². The Kier molecular flexibility index (Phi) is 4.11. The van der Waals surface area contributed by atoms with Gasteiger partial charge < -0.3 is 11.1 Å². The average Bonchev–Trinajstić information content (AvgIpc) is 2.95. The molecule has 1 aromatic heterocycles. The molecule has 6 heteroatoms. The second kappa shape index (κ2) is 5.28. The highest BCUT2D eigenvalue weighted by Gasteiger charge is 2.46. The van der Waals surface area contributed by atoms with Crippen LogP contribution in [0, 0.1) is 0 Å². The van der Waals surface area contributed by atoms with Gasteiger partial charge in [-0.1, -0.05) is 12.5 Å². The molecule has 1 aliphatic carbocycles. The monoisotopic (exact) mass is 288 g/mol. The van der Waals surface area contributed by atoms with Crippen LogP contribution < -0.4 is 11.1 Å². The summed E-state index contributed by atoms with van der Waals surface area (Å²) in [7, 11) is -3.05. The summed E-state index contributed by atoms with van der Waals surface area (Å²) in [6.07, 6.45) is 3.80. The maximum atomic E-state index is 11.9. The lowest BCUT2D eigenvalue weighted by Crippen LogP contribution is -2.58. The first-order chi connectivity index (χ1) is 8.48. The molecule has 2 unspecified atom stereocenters. The van der Waals surface area contributed by atoms with E-state index in [-0.39, 0.29) is 5.25 Å². The van der Waals surface area contributed by atoms with Gasteiger partial charge in [-0.05, 0) is 24.3 Å². The van der Waals surface area contributed by atoms with Crippen molar-refractivity contribution >= 4 is 21.2 Å². The molecule has 1 heterocycles. The summed E-state index contributed by atoms with van der Waals surface area (Å²) < 4.78 is 23.8. The van der Waals surface area contributed by atoms with Crippen LogP contribution in [0.2, 0.25) is 0 Å². The van der Waals surface area contributed by atoms with Gasteiger partial charge in [-0.25, -0.2) is 8.42 Å². The Balaban J connectivity index is 2.14. The highest BCUT2D eigenvalue weighted by molar-refractivity contribution is 7.91. The van der Waals surface area contributed by atoms with Crippen molar-refractivity contribution < 1.29 is 8.42 Å². The summed E-state index contributed by atoms with van der Waals surface area (Å²) >= 11 is 1.67. The standard InChI is InChI=1S/C12H20N2O2S2/c1-18(15,16)11-5-2-6-12(11,9-13)14-8-10-4-3-7-17-10/h3-4,7,11,14H,2,5-6,8-9,13H2,1H3. The van der Waals surface area contributed by atoms with Gasteiger partial charge in [0.25, 0.3) is 0 Å². The van der Waals surface area contributed by atoms with Gasteiger partial charge in [0.05, 0.1) is 5.25 Å². The molecular formula is C12H20N2O2S2. The summed E-state index contributed by atoms with van der Waals surface area (Å²) in [6.45, 7) is 1.07. The first-order valence-corrected chi connectivity index (χ1v) is 8.98. The van der Waals surface area contributed by atoms with Crippen LogP contribution in [0.4, 0.5) is 0 Å². The Morgan fingerprint density at radius 3 is 2.94 bits per heavy atom. The molecule has 0 saturated heterocycles. The highest BCUT2D eigenvalue weighted by atomic mass is 32.2. The quantitative estimate of drug-likeness (QED) is 0.852. The van der Waals surface area contributed by atoms with E-state index in [0.717, 1.165) is 12.8 Å². The molecule has 0 amide bonds. The second-order valence-corrected chi connectivity index (χ2v) is 8.26. The van der Waals surface area contributed by atoms with E-state index in [9.17, 15) is 8.42 Å². The number of nitrogens with two attached hydrogens (primary N) is 1. The van der Waals surface area contributed by atoms with Crippen LogP contribution in [0.5, 0.6) is 0 Å². The van der Waals surface area contributed by atoms with E-state index in [0.29, 0.717) is 19.5 Å². The molecule has 1 aliphatic rings. The van der Waals surface area contributed by atoms with E-state index < -0.39 is 15.4 Å². The van der Waals surface area contributed by atoms with Crippen molar-refractivity contribution in [1.82, 2.24) is 5.32 Å². The van der Waals surface area contributed by atoms with E-state index in [4.69, 9.17) is 5.73 Å². The van der Waals surface area contributed by atoms with Gasteiger partial charge in [-0.2, -0.15) is 0 Å². The van der Waals surface area contributed by atoms with Crippen molar-refractivity contribution in [1.29, 1.82) is 0 Å². The minimum Gasteiger partial charge on any atom is -0.329 e. The fourth-order valence-corrected chi connectivity index (χ4v) is 5.20. The molecule has 4 nitrogen and oxygen atoms in total. The third-order valence-corrected chi connectivity index (χ3v) is 6.38. The summed E-state index contributed by atoms with van der Waals surface area (Å²) in [5.74, 6) is 0. The van der Waals surface area contributed by atoms with Crippen molar-refractivity contribution in [3.05, 3.63) is 22.4 Å². The highest BCUT2D eigenvalue weighted by Crippen LogP contribution is 2.34. The zero-order valence-corrected chi connectivity index (χ0v) is 12.2. The van der Waals surface area contributed by atoms with Gasteiger partial charge in [0, 0.05) is 29.8 Å². The fraction of sp³-hybridized carbons (Fsp3) is 0.667. The first kappa shape index (κ1) is 14.0. The van der Waals surface area contributed by atoms with Crippen LogP contribution in [0.15, 0.2) is 17.5 Å². The lowest BCUT2D eigenvalue weighted by molar-refractivity contribution is 0.340. The Bertz CT molecular complexity index is 484. The van der Waals surface area contributed by atoms with Gasteiger partial charge in [0.1, 0.15) is 0 Å². The fourth-order valence-electron chi connectivity index (χ4n) is 2.85. The zero-order valence-electron chi connectivity index (χ0n) is 10.6. The Hall–Kier alpha value is -0.430. The van der Waals surface area contributed by atoms with Crippen LogP contribution in [0.25, 0.3) is 0 Å². The molecule has 2 atom stereocenters. The average molecular weight is 288 g/mol. The zero-order chi connectivity index (χ0) is 13.2. The number of hydrogen-bond acceptors (Lipinski definition) is 5. The Morgan fingerprint density at radius 1 is 1.61 bits per heavy atom. The van der Waals surface area contributed by atoms with Gasteiger partial charge in [0.15, 0.2) is 9.84 Å². The van der Waals surface area contributed by atoms with Gasteiger partial charge in [-0.3, -0.25) is 0 Å². The van der Waals surface area contributed by atoms with Crippen LogP contribution in [-0.2, 0) is 16.4 Å². The van der Waals surface area contributed by atoms with E-state index in [2.05, 4.69) is 5.32 Å². The molecule has 3 N–H and O–H groups in total. The molecule has 102 valence electrons. The number of thiophene rings is 1. The van der Waals surface area contributed by atoms with E-state index >= 15 is 0 Å². The normalized spacial score (nSPS) is 28.7. The lowest BCUT2D eigenvalue weighted by Gasteiger charge is -2.34. The maximum absolute atomic E-state index is 11.9. The van der Waals surface area contributed by atoms with Crippen molar-refractivity contribution in [2.75, 3.05) is 12.8 Å². The lowest BCUT2D eigenvalue weighted by atomic mass is 9.97. The van der Waals surface area contributed by atoms with Crippen LogP contribution >= 0.6 is 11.3 Å². The van der Waals surface area contributed by atoms with Crippen LogP contribution in [0.1, 0.15) is 24.1 Å². The molecule has 0 bridgehead atoms. The first-order valence-electron chi connectivity index (χ1n) is 6.14. The SMILES string of the molecule is CS(=O)(=O)C1CCCC1(CN)NCc1cccs1. The van der Waals surface area contributed by atoms with E-state index in [1.807, 2.05) is 17.5 Å². The molecule has 0 radical (unpaired) electrons. The number of hydrogen-bond donors (Lipinski definition) is 2. The van der Waals surface area contributed by atoms with Crippen LogP contribution in [-0.4, -0.2) is 32.0 Å². The second-order valence-electron chi connectivity index (χ2n) is 5.00. The van der Waals surface area contributed by atoms with E-state index in [1.54, 1.807) is 11.3 Å². The number of nitrogens with one attached hydrogen (secondary N) is 1. The van der Waals surface area contributed by atoms with Crippen molar-refractivity contribution in [3.63, 3.8) is 0 Å². The minimum atomic E-state index is -3.05. The van der Waals surface area contributed by atoms with Gasteiger partial charge >= 0.3 is 0 Å². The molecule has 1 fully saturated rings. The van der Waals surface area contributed by atoms with Gasteiger partial charge in [-0.15, -0.1) is 11.3 Å². The molecular weight excluding hydrogens is 268 g/mol. The largest absolute Gasteiger partial charge is 0.329 e. The number of sulfone groups is 1. The van der Waals surface area contributed by atoms with Crippen LogP contribution in [0.3, 0.4) is 0 Å². The number of rotatable bonds is 5. The summed E-state index contributed by atoms with van der Waals surface area (Å²) in [4.78, 5) is 1.21. The molecule has 0 aliphatic heterocycles. The Morgan fingerprint density at radius 2 is 2.39 bits per heavy atom. The third kappa shape index (κ3) is 2.77. The minimum absolute atomic E-state index is 0.352.